The molecule has 0 spiro atoms. The Bertz CT molecular complexity index is 1030. The lowest BCUT2D eigenvalue weighted by Gasteiger charge is -2.33. The van der Waals surface area contributed by atoms with Gasteiger partial charge in [-0.05, 0) is 73.6 Å². The van der Waals surface area contributed by atoms with Crippen LogP contribution in [0.5, 0.6) is 5.75 Å². The number of nitrogens with two attached hydrogens (primary N) is 1. The van der Waals surface area contributed by atoms with Crippen LogP contribution in [0.25, 0.3) is 0 Å². The van der Waals surface area contributed by atoms with Crippen molar-refractivity contribution in [1.29, 1.82) is 0 Å². The number of amides is 2. The second-order valence-electron chi connectivity index (χ2n) is 8.34. The third kappa shape index (κ3) is 4.81. The summed E-state index contributed by atoms with van der Waals surface area (Å²) in [6, 6.07) is 7.64. The maximum atomic E-state index is 13.3. The molecule has 3 atom stereocenters. The van der Waals surface area contributed by atoms with Crippen molar-refractivity contribution in [3.8, 4) is 5.75 Å². The van der Waals surface area contributed by atoms with Crippen LogP contribution in [0.2, 0.25) is 0 Å². The fourth-order valence-electron chi connectivity index (χ4n) is 4.18. The number of aryl methyl sites for hydroxylation is 2. The number of hydrogen-bond donors (Lipinski definition) is 4. The van der Waals surface area contributed by atoms with Crippen molar-refractivity contribution in [2.75, 3.05) is 0 Å². The molecule has 8 nitrogen and oxygen atoms in total. The van der Waals surface area contributed by atoms with Crippen LogP contribution in [0.1, 0.15) is 34.7 Å². The van der Waals surface area contributed by atoms with Crippen LogP contribution in [-0.2, 0) is 33.8 Å². The number of aromatic hydroxyl groups is 1. The Labute approximate surface area is 187 Å². The van der Waals surface area contributed by atoms with Gasteiger partial charge in [-0.15, -0.1) is 0 Å². The van der Waals surface area contributed by atoms with Crippen molar-refractivity contribution in [1.82, 2.24) is 10.2 Å². The molecule has 8 heteroatoms. The Morgan fingerprint density at radius 2 is 1.75 bits per heavy atom. The number of imide groups is 1. The van der Waals surface area contributed by atoms with Gasteiger partial charge in [0.25, 0.3) is 0 Å². The quantitative estimate of drug-likeness (QED) is 0.535. The molecule has 1 heterocycles. The average molecular weight is 440 g/mol. The molecule has 2 amide bonds. The Balaban J connectivity index is 1.84. The van der Waals surface area contributed by atoms with Gasteiger partial charge in [-0.1, -0.05) is 24.3 Å². The lowest BCUT2D eigenvalue weighted by atomic mass is 9.93. The first-order valence-corrected chi connectivity index (χ1v) is 10.5. The molecule has 1 aliphatic heterocycles. The average Bonchev–Trinajstić information content (AvgIpc) is 2.75. The van der Waals surface area contributed by atoms with Crippen molar-refractivity contribution in [3.63, 3.8) is 0 Å². The van der Waals surface area contributed by atoms with Gasteiger partial charge >= 0.3 is 5.97 Å². The highest BCUT2D eigenvalue weighted by atomic mass is 16.4. The summed E-state index contributed by atoms with van der Waals surface area (Å²) < 4.78 is 0. The van der Waals surface area contributed by atoms with Gasteiger partial charge in [0.15, 0.2) is 0 Å². The van der Waals surface area contributed by atoms with Crippen LogP contribution >= 0.6 is 0 Å². The molecule has 3 rings (SSSR count). The molecule has 0 saturated carbocycles. The number of rotatable bonds is 6. The number of hydrogen-bond acceptors (Lipinski definition) is 6. The summed E-state index contributed by atoms with van der Waals surface area (Å²) in [5.74, 6) is -2.51. The van der Waals surface area contributed by atoms with Crippen LogP contribution < -0.4 is 11.1 Å². The SMILES string of the molecule is Cc1cc(O)cc(C)c1C[C@H](N)C(=O)N(C(=O)C1Cc2ccccc2CN1)[C@@H](C)C(=O)O. The molecular weight excluding hydrogens is 410 g/mol. The minimum absolute atomic E-state index is 0.114. The van der Waals surface area contributed by atoms with Crippen LogP contribution in [0.15, 0.2) is 36.4 Å². The van der Waals surface area contributed by atoms with Gasteiger partial charge in [-0.25, -0.2) is 4.79 Å². The van der Waals surface area contributed by atoms with E-state index in [-0.39, 0.29) is 12.2 Å². The number of nitrogens with zero attached hydrogens (tertiary/aromatic N) is 1. The summed E-state index contributed by atoms with van der Waals surface area (Å²) in [6.07, 6.45) is 0.477. The summed E-state index contributed by atoms with van der Waals surface area (Å²) in [5, 5.41) is 22.4. The highest BCUT2D eigenvalue weighted by Crippen LogP contribution is 2.23. The first-order chi connectivity index (χ1) is 15.1. The second-order valence-corrected chi connectivity index (χ2v) is 8.34. The number of benzene rings is 2. The number of carbonyl (C=O) groups is 3. The van der Waals surface area contributed by atoms with Gasteiger partial charge in [0.1, 0.15) is 11.8 Å². The van der Waals surface area contributed by atoms with Gasteiger partial charge < -0.3 is 21.3 Å². The molecule has 2 aromatic carbocycles. The van der Waals surface area contributed by atoms with E-state index < -0.39 is 35.9 Å². The molecule has 170 valence electrons. The minimum atomic E-state index is -1.36. The zero-order valence-electron chi connectivity index (χ0n) is 18.5. The number of carbonyl (C=O) groups excluding carboxylic acids is 2. The van der Waals surface area contributed by atoms with E-state index in [1.165, 1.54) is 6.92 Å². The standard InChI is InChI=1S/C24H29N3O5/c1-13-8-18(28)9-14(2)19(13)11-20(25)22(29)27(15(3)24(31)32)23(30)21-10-16-6-4-5-7-17(16)12-26-21/h4-9,15,20-21,26,28H,10-12,25H2,1-3H3,(H,31,32)/t15-,20-,21?/m0/s1. The van der Waals surface area contributed by atoms with Crippen molar-refractivity contribution < 1.29 is 24.6 Å². The summed E-state index contributed by atoms with van der Waals surface area (Å²) in [7, 11) is 0. The summed E-state index contributed by atoms with van der Waals surface area (Å²) in [5.41, 5.74) is 10.5. The molecule has 0 aromatic heterocycles. The monoisotopic (exact) mass is 439 g/mol. The van der Waals surface area contributed by atoms with E-state index in [2.05, 4.69) is 5.32 Å². The predicted molar refractivity (Wildman–Crippen MR) is 119 cm³/mol. The zero-order chi connectivity index (χ0) is 23.6. The van der Waals surface area contributed by atoms with Crippen molar-refractivity contribution in [3.05, 3.63) is 64.2 Å². The third-order valence-electron chi connectivity index (χ3n) is 6.02. The summed E-state index contributed by atoms with van der Waals surface area (Å²) >= 11 is 0. The van der Waals surface area contributed by atoms with Gasteiger partial charge in [0.05, 0.1) is 12.1 Å². The Hall–Kier alpha value is -3.23. The molecule has 1 aliphatic rings. The van der Waals surface area contributed by atoms with E-state index in [4.69, 9.17) is 5.73 Å². The van der Waals surface area contributed by atoms with E-state index in [1.807, 2.05) is 24.3 Å². The van der Waals surface area contributed by atoms with E-state index in [9.17, 15) is 24.6 Å². The fourth-order valence-corrected chi connectivity index (χ4v) is 4.18. The van der Waals surface area contributed by atoms with Crippen LogP contribution in [0.4, 0.5) is 0 Å². The number of nitrogens with one attached hydrogen (secondary N) is 1. The second kappa shape index (κ2) is 9.50. The number of phenolic OH excluding ortho intramolecular Hbond substituents is 1. The largest absolute Gasteiger partial charge is 0.508 e. The number of carboxylic acid groups (broad SMARTS) is 1. The number of fused-ring (bicyclic) bond motifs is 1. The van der Waals surface area contributed by atoms with Crippen LogP contribution in [0, 0.1) is 13.8 Å². The predicted octanol–water partition coefficient (Wildman–Crippen LogP) is 1.42. The summed E-state index contributed by atoms with van der Waals surface area (Å²) in [6.45, 7) is 5.35. The molecule has 0 radical (unpaired) electrons. The zero-order valence-corrected chi connectivity index (χ0v) is 18.5. The molecule has 0 aliphatic carbocycles. The third-order valence-corrected chi connectivity index (χ3v) is 6.02. The summed E-state index contributed by atoms with van der Waals surface area (Å²) in [4.78, 5) is 39.1. The molecule has 0 saturated heterocycles. The molecule has 0 fully saturated rings. The first kappa shape index (κ1) is 23.4. The highest BCUT2D eigenvalue weighted by molar-refractivity contribution is 6.03. The van der Waals surface area contributed by atoms with E-state index in [1.54, 1.807) is 26.0 Å². The molecule has 5 N–H and O–H groups in total. The maximum Gasteiger partial charge on any atom is 0.326 e. The number of aliphatic carboxylic acids is 1. The molecule has 1 unspecified atom stereocenters. The van der Waals surface area contributed by atoms with Crippen molar-refractivity contribution in [2.24, 2.45) is 5.73 Å². The fraction of sp³-hybridized carbons (Fsp3) is 0.375. The Morgan fingerprint density at radius 3 is 2.34 bits per heavy atom. The lowest BCUT2D eigenvalue weighted by molar-refractivity contribution is -0.158. The van der Waals surface area contributed by atoms with Crippen molar-refractivity contribution >= 4 is 17.8 Å². The Morgan fingerprint density at radius 1 is 1.16 bits per heavy atom. The normalized spacial score (nSPS) is 17.2. The number of carboxylic acids is 1. The first-order valence-electron chi connectivity index (χ1n) is 10.5. The van der Waals surface area contributed by atoms with Gasteiger partial charge in [-0.3, -0.25) is 14.5 Å². The maximum absolute atomic E-state index is 13.3. The van der Waals surface area contributed by atoms with Gasteiger partial charge in [0.2, 0.25) is 11.8 Å². The van der Waals surface area contributed by atoms with E-state index >= 15 is 0 Å². The topological polar surface area (TPSA) is 133 Å². The van der Waals surface area contributed by atoms with Gasteiger partial charge in [-0.2, -0.15) is 0 Å². The van der Waals surface area contributed by atoms with E-state index in [0.717, 1.165) is 32.7 Å². The molecular formula is C24H29N3O5. The lowest BCUT2D eigenvalue weighted by Crippen LogP contribution is -2.59. The van der Waals surface area contributed by atoms with E-state index in [0.29, 0.717) is 13.0 Å². The van der Waals surface area contributed by atoms with Crippen LogP contribution in [-0.4, -0.2) is 51.0 Å². The Kier molecular flexibility index (Phi) is 6.96. The highest BCUT2D eigenvalue weighted by Gasteiger charge is 2.39. The number of phenols is 1. The van der Waals surface area contributed by atoms with Crippen LogP contribution in [0.3, 0.4) is 0 Å². The van der Waals surface area contributed by atoms with Crippen molar-refractivity contribution in [2.45, 2.75) is 58.3 Å². The minimum Gasteiger partial charge on any atom is -0.508 e. The van der Waals surface area contributed by atoms with Gasteiger partial charge in [0, 0.05) is 6.54 Å². The molecule has 32 heavy (non-hydrogen) atoms. The smallest absolute Gasteiger partial charge is 0.326 e. The molecule has 0 bridgehead atoms. The molecule has 2 aromatic rings.